The second kappa shape index (κ2) is 6.60. The van der Waals surface area contributed by atoms with Crippen molar-refractivity contribution in [2.24, 2.45) is 5.73 Å². The molecule has 1 aliphatic heterocycles. The third-order valence-corrected chi connectivity index (χ3v) is 3.12. The molecular weight excluding hydrogens is 246 g/mol. The van der Waals surface area contributed by atoms with E-state index >= 15 is 0 Å². The van der Waals surface area contributed by atoms with E-state index < -0.39 is 0 Å². The number of morpholine rings is 1. The molecule has 0 saturated carbocycles. The van der Waals surface area contributed by atoms with Crippen molar-refractivity contribution in [3.63, 3.8) is 0 Å². The summed E-state index contributed by atoms with van der Waals surface area (Å²) < 4.78 is 10.1. The lowest BCUT2D eigenvalue weighted by Gasteiger charge is -2.31. The molecule has 104 valence electrons. The molecule has 1 aromatic heterocycles. The molecule has 0 radical (unpaired) electrons. The van der Waals surface area contributed by atoms with Crippen LogP contribution in [0, 0.1) is 0 Å². The number of aromatic nitrogens is 1. The Bertz CT molecular complexity index is 422. The predicted octanol–water partition coefficient (Wildman–Crippen LogP) is 0.0277. The Labute approximate surface area is 112 Å². The largest absolute Gasteiger partial charge is 0.465 e. The van der Waals surface area contributed by atoms with Crippen LogP contribution in [0.15, 0.2) is 18.3 Å². The van der Waals surface area contributed by atoms with Gasteiger partial charge < -0.3 is 15.2 Å². The second-order valence-corrected chi connectivity index (χ2v) is 4.49. The van der Waals surface area contributed by atoms with E-state index in [1.807, 2.05) is 6.07 Å². The minimum absolute atomic E-state index is 0.100. The highest BCUT2D eigenvalue weighted by Gasteiger charge is 2.19. The Kier molecular flexibility index (Phi) is 4.84. The van der Waals surface area contributed by atoms with E-state index in [0.717, 1.165) is 25.3 Å². The zero-order valence-electron chi connectivity index (χ0n) is 11.0. The Morgan fingerprint density at radius 3 is 3.11 bits per heavy atom. The first-order chi connectivity index (χ1) is 9.22. The van der Waals surface area contributed by atoms with Crippen molar-refractivity contribution in [3.05, 3.63) is 29.6 Å². The van der Waals surface area contributed by atoms with E-state index in [1.165, 1.54) is 7.11 Å². The van der Waals surface area contributed by atoms with Crippen LogP contribution in [0.5, 0.6) is 0 Å². The van der Waals surface area contributed by atoms with Gasteiger partial charge in [-0.1, -0.05) is 0 Å². The van der Waals surface area contributed by atoms with Crippen LogP contribution in [0.1, 0.15) is 16.1 Å². The molecule has 0 aliphatic carbocycles. The summed E-state index contributed by atoms with van der Waals surface area (Å²) in [6.07, 6.45) is 1.64. The molecule has 0 amide bonds. The molecule has 1 aliphatic rings. The van der Waals surface area contributed by atoms with Gasteiger partial charge in [-0.05, 0) is 12.1 Å². The maximum absolute atomic E-state index is 11.3. The number of rotatable bonds is 4. The van der Waals surface area contributed by atoms with Gasteiger partial charge >= 0.3 is 5.97 Å². The predicted molar refractivity (Wildman–Crippen MR) is 69.6 cm³/mol. The standard InChI is InChI=1S/C13H19N3O3/c1-18-13(17)10-2-3-11(15-7-10)8-16-4-5-19-12(6-14)9-16/h2-3,7,12H,4-6,8-9,14H2,1H3. The topological polar surface area (TPSA) is 77.7 Å². The number of methoxy groups -OCH3 is 1. The normalized spacial score (nSPS) is 20.2. The van der Waals surface area contributed by atoms with Crippen molar-refractivity contribution in [2.45, 2.75) is 12.6 Å². The minimum Gasteiger partial charge on any atom is -0.465 e. The molecule has 0 spiro atoms. The summed E-state index contributed by atoms with van der Waals surface area (Å²) in [4.78, 5) is 17.8. The Morgan fingerprint density at radius 2 is 2.47 bits per heavy atom. The van der Waals surface area contributed by atoms with Gasteiger partial charge in [0.15, 0.2) is 0 Å². The van der Waals surface area contributed by atoms with Gasteiger partial charge in [0.2, 0.25) is 0 Å². The molecule has 1 unspecified atom stereocenters. The SMILES string of the molecule is COC(=O)c1ccc(CN2CCOC(CN)C2)nc1. The molecule has 1 atom stereocenters. The van der Waals surface area contributed by atoms with E-state index in [1.54, 1.807) is 12.3 Å². The number of ether oxygens (including phenoxy) is 2. The van der Waals surface area contributed by atoms with Crippen LogP contribution in [-0.2, 0) is 16.0 Å². The number of carbonyl (C=O) groups excluding carboxylic acids is 1. The van der Waals surface area contributed by atoms with Gasteiger partial charge in [0.05, 0.1) is 31.1 Å². The van der Waals surface area contributed by atoms with Crippen LogP contribution in [0.25, 0.3) is 0 Å². The smallest absolute Gasteiger partial charge is 0.339 e. The molecular formula is C13H19N3O3. The highest BCUT2D eigenvalue weighted by Crippen LogP contribution is 2.09. The van der Waals surface area contributed by atoms with Gasteiger partial charge in [0.1, 0.15) is 0 Å². The van der Waals surface area contributed by atoms with E-state index in [0.29, 0.717) is 18.7 Å². The van der Waals surface area contributed by atoms with Gasteiger partial charge in [0, 0.05) is 32.4 Å². The van der Waals surface area contributed by atoms with Gasteiger partial charge in [-0.2, -0.15) is 0 Å². The van der Waals surface area contributed by atoms with Crippen LogP contribution in [0.2, 0.25) is 0 Å². The fourth-order valence-corrected chi connectivity index (χ4v) is 2.05. The third-order valence-electron chi connectivity index (χ3n) is 3.12. The first-order valence-electron chi connectivity index (χ1n) is 6.30. The summed E-state index contributed by atoms with van der Waals surface area (Å²) in [5.74, 6) is -0.367. The Balaban J connectivity index is 1.94. The summed E-state index contributed by atoms with van der Waals surface area (Å²) in [6.45, 7) is 3.66. The first-order valence-corrected chi connectivity index (χ1v) is 6.30. The molecule has 2 N–H and O–H groups in total. The van der Waals surface area contributed by atoms with Crippen molar-refractivity contribution in [1.82, 2.24) is 9.88 Å². The average Bonchev–Trinajstić information content (AvgIpc) is 2.47. The van der Waals surface area contributed by atoms with Crippen LogP contribution in [0.3, 0.4) is 0 Å². The highest BCUT2D eigenvalue weighted by molar-refractivity contribution is 5.88. The molecule has 0 aromatic carbocycles. The minimum atomic E-state index is -0.367. The van der Waals surface area contributed by atoms with Crippen LogP contribution in [0.4, 0.5) is 0 Å². The number of nitrogens with zero attached hydrogens (tertiary/aromatic N) is 2. The summed E-state index contributed by atoms with van der Waals surface area (Å²) in [5.41, 5.74) is 7.00. The van der Waals surface area contributed by atoms with Gasteiger partial charge in [-0.15, -0.1) is 0 Å². The van der Waals surface area contributed by atoms with E-state index in [9.17, 15) is 4.79 Å². The fourth-order valence-electron chi connectivity index (χ4n) is 2.05. The summed E-state index contributed by atoms with van der Waals surface area (Å²) in [5, 5.41) is 0. The van der Waals surface area contributed by atoms with Crippen molar-refractivity contribution in [2.75, 3.05) is 33.4 Å². The van der Waals surface area contributed by atoms with Crippen LogP contribution in [-0.4, -0.2) is 55.3 Å². The van der Waals surface area contributed by atoms with Crippen LogP contribution < -0.4 is 5.73 Å². The zero-order valence-corrected chi connectivity index (χ0v) is 11.0. The number of hydrogen-bond donors (Lipinski definition) is 1. The Hall–Kier alpha value is -1.50. The summed E-state index contributed by atoms with van der Waals surface area (Å²) in [7, 11) is 1.36. The lowest BCUT2D eigenvalue weighted by molar-refractivity contribution is -0.0264. The zero-order chi connectivity index (χ0) is 13.7. The van der Waals surface area contributed by atoms with Crippen molar-refractivity contribution in [3.8, 4) is 0 Å². The maximum Gasteiger partial charge on any atom is 0.339 e. The van der Waals surface area contributed by atoms with Crippen LogP contribution >= 0.6 is 0 Å². The van der Waals surface area contributed by atoms with Crippen molar-refractivity contribution in [1.29, 1.82) is 0 Å². The quantitative estimate of drug-likeness (QED) is 0.774. The molecule has 2 heterocycles. The summed E-state index contributed by atoms with van der Waals surface area (Å²) >= 11 is 0. The molecule has 1 aromatic rings. The second-order valence-electron chi connectivity index (χ2n) is 4.49. The maximum atomic E-state index is 11.3. The first kappa shape index (κ1) is 13.9. The van der Waals surface area contributed by atoms with E-state index in [-0.39, 0.29) is 12.1 Å². The van der Waals surface area contributed by atoms with E-state index in [4.69, 9.17) is 10.5 Å². The van der Waals surface area contributed by atoms with Gasteiger partial charge in [0.25, 0.3) is 0 Å². The number of pyridine rings is 1. The monoisotopic (exact) mass is 265 g/mol. The summed E-state index contributed by atoms with van der Waals surface area (Å²) in [6, 6.07) is 3.58. The van der Waals surface area contributed by atoms with Gasteiger partial charge in [-0.25, -0.2) is 4.79 Å². The average molecular weight is 265 g/mol. The molecule has 6 nitrogen and oxygen atoms in total. The van der Waals surface area contributed by atoms with Gasteiger partial charge in [-0.3, -0.25) is 9.88 Å². The number of esters is 1. The number of nitrogens with two attached hydrogens (primary N) is 1. The molecule has 1 saturated heterocycles. The third kappa shape index (κ3) is 3.73. The lowest BCUT2D eigenvalue weighted by atomic mass is 10.2. The fraction of sp³-hybridized carbons (Fsp3) is 0.538. The molecule has 2 rings (SSSR count). The Morgan fingerprint density at radius 1 is 1.63 bits per heavy atom. The number of carbonyl (C=O) groups is 1. The lowest BCUT2D eigenvalue weighted by Crippen LogP contribution is -2.45. The molecule has 6 heteroatoms. The highest BCUT2D eigenvalue weighted by atomic mass is 16.5. The molecule has 0 bridgehead atoms. The van der Waals surface area contributed by atoms with E-state index in [2.05, 4.69) is 14.6 Å². The van der Waals surface area contributed by atoms with Crippen molar-refractivity contribution >= 4 is 5.97 Å². The molecule has 19 heavy (non-hydrogen) atoms. The number of hydrogen-bond acceptors (Lipinski definition) is 6. The molecule has 1 fully saturated rings. The van der Waals surface area contributed by atoms with Crippen molar-refractivity contribution < 1.29 is 14.3 Å².